The van der Waals surface area contributed by atoms with Crippen LogP contribution in [0.1, 0.15) is 11.8 Å². The van der Waals surface area contributed by atoms with Gasteiger partial charge in [-0.1, -0.05) is 11.6 Å². The molecule has 0 radical (unpaired) electrons. The summed E-state index contributed by atoms with van der Waals surface area (Å²) < 4.78 is 52.3. The molecule has 1 heterocycles. The number of nitrogens with zero attached hydrogens (tertiary/aromatic N) is 1. The zero-order valence-corrected chi connectivity index (χ0v) is 16.2. The van der Waals surface area contributed by atoms with Crippen molar-refractivity contribution < 1.29 is 22.3 Å². The number of halogens is 2. The number of benzene rings is 3. The first kappa shape index (κ1) is 18.6. The number of anilines is 1. The normalized spacial score (nSPS) is 15.8. The van der Waals surface area contributed by atoms with Crippen molar-refractivity contribution in [2.75, 3.05) is 11.4 Å². The smallest absolute Gasteiger partial charge is 0.267 e. The minimum absolute atomic E-state index is 0.0520. The van der Waals surface area contributed by atoms with Crippen molar-refractivity contribution in [3.05, 3.63) is 83.1 Å². The van der Waals surface area contributed by atoms with Crippen molar-refractivity contribution in [3.63, 3.8) is 0 Å². The first-order valence-corrected chi connectivity index (χ1v) is 10.1. The van der Waals surface area contributed by atoms with Crippen molar-refractivity contribution in [1.29, 1.82) is 0 Å². The second-order valence-electron chi connectivity index (χ2n) is 6.11. The molecule has 1 aliphatic rings. The molecule has 0 saturated heterocycles. The number of methoxy groups -OCH3 is 1. The van der Waals surface area contributed by atoms with Gasteiger partial charge < -0.3 is 9.47 Å². The zero-order chi connectivity index (χ0) is 19.9. The highest BCUT2D eigenvalue weighted by atomic mass is 35.5. The molecule has 1 aliphatic heterocycles. The lowest BCUT2D eigenvalue weighted by atomic mass is 10.2. The monoisotopic (exact) mass is 419 g/mol. The summed E-state index contributed by atoms with van der Waals surface area (Å²) in [5.41, 5.74) is 0.927. The summed E-state index contributed by atoms with van der Waals surface area (Å²) in [6, 6.07) is 16.3. The molecule has 1 unspecified atom stereocenters. The van der Waals surface area contributed by atoms with E-state index in [9.17, 15) is 12.8 Å². The maximum Gasteiger partial charge on any atom is 0.267 e. The van der Waals surface area contributed by atoms with E-state index in [1.165, 1.54) is 18.2 Å². The first-order valence-electron chi connectivity index (χ1n) is 8.30. The summed E-state index contributed by atoms with van der Waals surface area (Å²) in [6.07, 6.45) is -0.936. The van der Waals surface area contributed by atoms with Crippen LogP contribution in [0.4, 0.5) is 10.1 Å². The van der Waals surface area contributed by atoms with Gasteiger partial charge in [0.15, 0.2) is 0 Å². The molecule has 5 nitrogen and oxygen atoms in total. The van der Waals surface area contributed by atoms with E-state index in [1.807, 2.05) is 0 Å². The Bertz CT molecular complexity index is 1120. The molecule has 4 rings (SSSR count). The minimum Gasteiger partial charge on any atom is -0.497 e. The summed E-state index contributed by atoms with van der Waals surface area (Å²) >= 11 is 6.10. The second-order valence-corrected chi connectivity index (χ2v) is 8.36. The van der Waals surface area contributed by atoms with E-state index in [0.717, 1.165) is 16.4 Å². The number of ether oxygens (including phenoxy) is 2. The largest absolute Gasteiger partial charge is 0.497 e. The van der Waals surface area contributed by atoms with Gasteiger partial charge in [-0.05, 0) is 66.7 Å². The molecule has 144 valence electrons. The summed E-state index contributed by atoms with van der Waals surface area (Å²) in [5, 5.41) is 0.372. The maximum atomic E-state index is 13.4. The van der Waals surface area contributed by atoms with Crippen LogP contribution in [0.5, 0.6) is 11.5 Å². The van der Waals surface area contributed by atoms with Gasteiger partial charge in [-0.3, -0.25) is 0 Å². The van der Waals surface area contributed by atoms with Gasteiger partial charge in [-0.15, -0.1) is 0 Å². The lowest BCUT2D eigenvalue weighted by molar-refractivity contribution is 0.244. The Kier molecular flexibility index (Phi) is 4.64. The van der Waals surface area contributed by atoms with Gasteiger partial charge in [0.2, 0.25) is 6.23 Å². The number of hydrogen-bond acceptors (Lipinski definition) is 4. The third-order valence-electron chi connectivity index (χ3n) is 4.38. The Balaban J connectivity index is 1.85. The molecule has 28 heavy (non-hydrogen) atoms. The Morgan fingerprint density at radius 2 is 1.71 bits per heavy atom. The van der Waals surface area contributed by atoms with Crippen molar-refractivity contribution in [3.8, 4) is 11.5 Å². The summed E-state index contributed by atoms with van der Waals surface area (Å²) in [4.78, 5) is -0.0520. The molecular formula is C20H15ClFNO4S. The topological polar surface area (TPSA) is 55.8 Å². The molecule has 0 bridgehead atoms. The van der Waals surface area contributed by atoms with E-state index >= 15 is 0 Å². The molecule has 0 fully saturated rings. The number of fused-ring (bicyclic) bond motifs is 1. The van der Waals surface area contributed by atoms with Crippen molar-refractivity contribution in [1.82, 2.24) is 0 Å². The molecule has 0 aliphatic carbocycles. The fraction of sp³-hybridized carbons (Fsp3) is 0.100. The third-order valence-corrected chi connectivity index (χ3v) is 6.39. The van der Waals surface area contributed by atoms with Crippen LogP contribution in [0.25, 0.3) is 0 Å². The molecule has 3 aromatic rings. The average molecular weight is 420 g/mol. The lowest BCUT2D eigenvalue weighted by Crippen LogP contribution is -2.33. The average Bonchev–Trinajstić information content (AvgIpc) is 3.07. The molecule has 0 N–H and O–H groups in total. The van der Waals surface area contributed by atoms with Gasteiger partial charge in [0, 0.05) is 10.6 Å². The molecule has 0 aromatic heterocycles. The molecule has 0 saturated carbocycles. The van der Waals surface area contributed by atoms with Gasteiger partial charge in [-0.25, -0.2) is 17.1 Å². The quantitative estimate of drug-likeness (QED) is 0.611. The highest BCUT2D eigenvalue weighted by Crippen LogP contribution is 2.47. The van der Waals surface area contributed by atoms with Crippen LogP contribution in [0, 0.1) is 5.82 Å². The van der Waals surface area contributed by atoms with E-state index in [1.54, 1.807) is 43.5 Å². The number of sulfonamides is 1. The fourth-order valence-corrected chi connectivity index (χ4v) is 4.70. The van der Waals surface area contributed by atoms with Gasteiger partial charge in [-0.2, -0.15) is 0 Å². The third kappa shape index (κ3) is 3.16. The van der Waals surface area contributed by atoms with Crippen LogP contribution in [0.2, 0.25) is 5.02 Å². The fourth-order valence-electron chi connectivity index (χ4n) is 3.00. The molecule has 8 heteroatoms. The van der Waals surface area contributed by atoms with Gasteiger partial charge in [0.05, 0.1) is 17.7 Å². The van der Waals surface area contributed by atoms with Crippen LogP contribution >= 0.6 is 11.6 Å². The molecule has 1 atom stereocenters. The van der Waals surface area contributed by atoms with E-state index in [2.05, 4.69) is 0 Å². The minimum atomic E-state index is -4.05. The van der Waals surface area contributed by atoms with Gasteiger partial charge >= 0.3 is 0 Å². The van der Waals surface area contributed by atoms with E-state index in [4.69, 9.17) is 21.1 Å². The summed E-state index contributed by atoms with van der Waals surface area (Å²) in [5.74, 6) is 0.498. The number of hydrogen-bond donors (Lipinski definition) is 0. The highest BCUT2D eigenvalue weighted by Gasteiger charge is 2.41. The van der Waals surface area contributed by atoms with E-state index < -0.39 is 22.1 Å². The molecule has 0 spiro atoms. The Hall–Kier alpha value is -2.77. The Morgan fingerprint density at radius 1 is 1.04 bits per heavy atom. The highest BCUT2D eigenvalue weighted by molar-refractivity contribution is 7.92. The second kappa shape index (κ2) is 7.00. The van der Waals surface area contributed by atoms with Crippen LogP contribution in [0.3, 0.4) is 0 Å². The summed E-state index contributed by atoms with van der Waals surface area (Å²) in [7, 11) is -2.50. The molecule has 0 amide bonds. The molecule has 3 aromatic carbocycles. The SMILES string of the molecule is COc1ccc(C2Oc3ccc(Cl)cc3N2S(=O)(=O)c2ccc(F)cc2)cc1. The predicted octanol–water partition coefficient (Wildman–Crippen LogP) is 4.77. The summed E-state index contributed by atoms with van der Waals surface area (Å²) in [6.45, 7) is 0. The first-order chi connectivity index (χ1) is 13.4. The standard InChI is InChI=1S/C20H15ClFNO4S/c1-26-16-7-2-13(3-8-16)20-23(18-12-14(21)4-11-19(18)27-20)28(24,25)17-9-5-15(22)6-10-17/h2-12,20H,1H3. The zero-order valence-electron chi connectivity index (χ0n) is 14.7. The number of rotatable bonds is 4. The van der Waals surface area contributed by atoms with Crippen LogP contribution < -0.4 is 13.8 Å². The van der Waals surface area contributed by atoms with Crippen molar-refractivity contribution >= 4 is 27.3 Å². The van der Waals surface area contributed by atoms with E-state index in [0.29, 0.717) is 27.8 Å². The van der Waals surface area contributed by atoms with Crippen molar-refractivity contribution in [2.45, 2.75) is 11.1 Å². The van der Waals surface area contributed by atoms with Crippen LogP contribution in [0.15, 0.2) is 71.6 Å². The van der Waals surface area contributed by atoms with Crippen LogP contribution in [-0.2, 0) is 10.0 Å². The lowest BCUT2D eigenvalue weighted by Gasteiger charge is -2.25. The Morgan fingerprint density at radius 3 is 2.36 bits per heavy atom. The van der Waals surface area contributed by atoms with Crippen molar-refractivity contribution in [2.24, 2.45) is 0 Å². The Labute approximate surface area is 166 Å². The van der Waals surface area contributed by atoms with Crippen LogP contribution in [-0.4, -0.2) is 15.5 Å². The molecular weight excluding hydrogens is 405 g/mol. The maximum absolute atomic E-state index is 13.4. The predicted molar refractivity (Wildman–Crippen MR) is 104 cm³/mol. The van der Waals surface area contributed by atoms with Gasteiger partial charge in [0.1, 0.15) is 17.3 Å². The van der Waals surface area contributed by atoms with E-state index in [-0.39, 0.29) is 4.90 Å². The van der Waals surface area contributed by atoms with Gasteiger partial charge in [0.25, 0.3) is 10.0 Å².